The quantitative estimate of drug-likeness (QED) is 0.766. The third-order valence-corrected chi connectivity index (χ3v) is 2.58. The zero-order valence-electron chi connectivity index (χ0n) is 14.3. The maximum absolute atomic E-state index is 11.9. The van der Waals surface area contributed by atoms with Crippen LogP contribution in [0.3, 0.4) is 0 Å². The van der Waals surface area contributed by atoms with E-state index < -0.39 is 17.3 Å². The minimum absolute atomic E-state index is 0.331. The fourth-order valence-electron chi connectivity index (χ4n) is 1.71. The van der Waals surface area contributed by atoms with Gasteiger partial charge >= 0.3 is 12.2 Å². The normalized spacial score (nSPS) is 15.7. The lowest BCUT2D eigenvalue weighted by atomic mass is 10.2. The van der Waals surface area contributed by atoms with Crippen molar-refractivity contribution in [2.75, 3.05) is 13.1 Å². The number of hydrogen-bond donors (Lipinski definition) is 2. The summed E-state index contributed by atoms with van der Waals surface area (Å²) < 4.78 is 10.4. The van der Waals surface area contributed by atoms with E-state index in [2.05, 4.69) is 10.9 Å². The fourth-order valence-corrected chi connectivity index (χ4v) is 1.71. The van der Waals surface area contributed by atoms with E-state index in [4.69, 9.17) is 9.47 Å². The number of nitrogens with zero attached hydrogens (tertiary/aromatic N) is 1. The van der Waals surface area contributed by atoms with Gasteiger partial charge in [0.25, 0.3) is 0 Å². The number of ether oxygens (including phenoxy) is 2. The highest BCUT2D eigenvalue weighted by molar-refractivity contribution is 5.69. The number of carbonyl (C=O) groups excluding carboxylic acids is 2. The van der Waals surface area contributed by atoms with Crippen LogP contribution in [-0.4, -0.2) is 41.4 Å². The molecule has 1 rings (SSSR count). The van der Waals surface area contributed by atoms with E-state index in [0.717, 1.165) is 5.70 Å². The predicted molar refractivity (Wildman–Crippen MR) is 83.0 cm³/mol. The predicted octanol–water partition coefficient (Wildman–Crippen LogP) is 2.54. The molecule has 0 saturated carbocycles. The Kier molecular flexibility index (Phi) is 5.68. The highest BCUT2D eigenvalue weighted by Crippen LogP contribution is 2.14. The van der Waals surface area contributed by atoms with Gasteiger partial charge in [0.05, 0.1) is 0 Å². The van der Waals surface area contributed by atoms with Crippen LogP contribution >= 0.6 is 0 Å². The zero-order valence-corrected chi connectivity index (χ0v) is 14.3. The molecule has 7 nitrogen and oxygen atoms in total. The lowest BCUT2D eigenvalue weighted by molar-refractivity contribution is 0.0261. The van der Waals surface area contributed by atoms with Crippen molar-refractivity contribution in [1.82, 2.24) is 15.8 Å². The average Bonchev–Trinajstić information content (AvgIpc) is 2.33. The Morgan fingerprint density at radius 1 is 1.09 bits per heavy atom. The van der Waals surface area contributed by atoms with Gasteiger partial charge in [0.1, 0.15) is 11.2 Å². The lowest BCUT2D eigenvalue weighted by Gasteiger charge is -2.30. The fraction of sp³-hybridized carbons (Fsp3) is 0.733. The summed E-state index contributed by atoms with van der Waals surface area (Å²) in [6.07, 6.45) is 1.57. The summed E-state index contributed by atoms with van der Waals surface area (Å²) in [5, 5.41) is 0. The topological polar surface area (TPSA) is 79.9 Å². The van der Waals surface area contributed by atoms with Crippen LogP contribution in [0.15, 0.2) is 11.8 Å². The summed E-state index contributed by atoms with van der Waals surface area (Å²) in [6.45, 7) is 11.9. The van der Waals surface area contributed by atoms with Crippen molar-refractivity contribution >= 4 is 12.2 Å². The van der Waals surface area contributed by atoms with Crippen molar-refractivity contribution in [3.05, 3.63) is 11.8 Å². The third kappa shape index (κ3) is 7.19. The molecule has 2 N–H and O–H groups in total. The number of nitrogens with one attached hydrogen (secondary N) is 2. The van der Waals surface area contributed by atoms with Gasteiger partial charge in [-0.1, -0.05) is 0 Å². The second-order valence-corrected chi connectivity index (χ2v) is 7.16. The summed E-state index contributed by atoms with van der Waals surface area (Å²) >= 11 is 0. The first kappa shape index (κ1) is 18.1. The molecule has 0 aromatic carbocycles. The first-order chi connectivity index (χ1) is 9.96. The van der Waals surface area contributed by atoms with Gasteiger partial charge in [-0.15, -0.1) is 0 Å². The summed E-state index contributed by atoms with van der Waals surface area (Å²) in [5.74, 6) is 0. The summed E-state index contributed by atoms with van der Waals surface area (Å²) in [6, 6.07) is 0. The molecule has 22 heavy (non-hydrogen) atoms. The minimum Gasteiger partial charge on any atom is -0.444 e. The van der Waals surface area contributed by atoms with Crippen LogP contribution in [0.2, 0.25) is 0 Å². The Morgan fingerprint density at radius 3 is 2.14 bits per heavy atom. The highest BCUT2D eigenvalue weighted by Gasteiger charge is 2.24. The Bertz CT molecular complexity index is 447. The van der Waals surface area contributed by atoms with Gasteiger partial charge in [-0.25, -0.2) is 15.0 Å². The Morgan fingerprint density at radius 2 is 1.68 bits per heavy atom. The van der Waals surface area contributed by atoms with Crippen LogP contribution in [0.5, 0.6) is 0 Å². The van der Waals surface area contributed by atoms with Gasteiger partial charge in [-0.2, -0.15) is 0 Å². The Labute approximate surface area is 132 Å². The van der Waals surface area contributed by atoms with Gasteiger partial charge in [-0.3, -0.25) is 0 Å². The Hall–Kier alpha value is -1.92. The molecular weight excluding hydrogens is 286 g/mol. The molecule has 7 heteroatoms. The first-order valence-corrected chi connectivity index (χ1v) is 7.38. The number of carbonyl (C=O) groups is 2. The molecular formula is C15H27N3O4. The van der Waals surface area contributed by atoms with Crippen molar-refractivity contribution in [2.45, 2.75) is 59.2 Å². The van der Waals surface area contributed by atoms with E-state index in [9.17, 15) is 9.59 Å². The van der Waals surface area contributed by atoms with Gasteiger partial charge in [0, 0.05) is 25.2 Å². The largest absolute Gasteiger partial charge is 0.444 e. The smallest absolute Gasteiger partial charge is 0.426 e. The highest BCUT2D eigenvalue weighted by atomic mass is 16.6. The van der Waals surface area contributed by atoms with E-state index in [1.54, 1.807) is 25.7 Å². The molecule has 1 aliphatic heterocycles. The van der Waals surface area contributed by atoms with E-state index in [1.165, 1.54) is 0 Å². The summed E-state index contributed by atoms with van der Waals surface area (Å²) in [7, 11) is 0. The van der Waals surface area contributed by atoms with Crippen molar-refractivity contribution in [1.29, 1.82) is 0 Å². The maximum Gasteiger partial charge on any atom is 0.426 e. The van der Waals surface area contributed by atoms with Gasteiger partial charge < -0.3 is 19.8 Å². The average molecular weight is 313 g/mol. The molecule has 0 saturated heterocycles. The molecule has 0 aliphatic carbocycles. The van der Waals surface area contributed by atoms with E-state index in [1.807, 2.05) is 26.8 Å². The molecule has 1 heterocycles. The van der Waals surface area contributed by atoms with Crippen molar-refractivity contribution in [3.63, 3.8) is 0 Å². The third-order valence-electron chi connectivity index (χ3n) is 2.58. The van der Waals surface area contributed by atoms with Crippen molar-refractivity contribution < 1.29 is 19.1 Å². The zero-order chi connectivity index (χ0) is 17.0. The summed E-state index contributed by atoms with van der Waals surface area (Å²) in [4.78, 5) is 25.0. The number of amides is 2. The van der Waals surface area contributed by atoms with Crippen LogP contribution in [0, 0.1) is 0 Å². The number of hydrazine groups is 1. The molecule has 0 spiro atoms. The minimum atomic E-state index is -0.541. The van der Waals surface area contributed by atoms with Crippen LogP contribution in [0.4, 0.5) is 9.59 Å². The van der Waals surface area contributed by atoms with Crippen molar-refractivity contribution in [2.24, 2.45) is 0 Å². The van der Waals surface area contributed by atoms with E-state index in [0.29, 0.717) is 19.5 Å². The number of hydrogen-bond acceptors (Lipinski definition) is 5. The SMILES string of the molecule is CC(C)(C)OC(=O)NNC1=CCN(C(=O)OC(C)(C)C)CC1. The molecule has 0 radical (unpaired) electrons. The molecule has 0 fully saturated rings. The van der Waals surface area contributed by atoms with E-state index in [-0.39, 0.29) is 6.09 Å². The molecule has 0 aromatic rings. The maximum atomic E-state index is 11.9. The number of rotatable bonds is 2. The first-order valence-electron chi connectivity index (χ1n) is 7.38. The van der Waals surface area contributed by atoms with Crippen LogP contribution in [0.25, 0.3) is 0 Å². The second kappa shape index (κ2) is 6.89. The molecule has 0 bridgehead atoms. The van der Waals surface area contributed by atoms with Crippen molar-refractivity contribution in [3.8, 4) is 0 Å². The molecule has 2 amide bonds. The van der Waals surface area contributed by atoms with Gasteiger partial charge in [-0.05, 0) is 47.6 Å². The monoisotopic (exact) mass is 313 g/mol. The van der Waals surface area contributed by atoms with Crippen LogP contribution in [0.1, 0.15) is 48.0 Å². The summed E-state index contributed by atoms with van der Waals surface area (Å²) in [5.41, 5.74) is 5.08. The van der Waals surface area contributed by atoms with Crippen LogP contribution in [-0.2, 0) is 9.47 Å². The molecule has 126 valence electrons. The van der Waals surface area contributed by atoms with Crippen LogP contribution < -0.4 is 10.9 Å². The lowest BCUT2D eigenvalue weighted by Crippen LogP contribution is -2.44. The molecule has 0 atom stereocenters. The van der Waals surface area contributed by atoms with Gasteiger partial charge in [0.2, 0.25) is 0 Å². The molecule has 0 unspecified atom stereocenters. The Balaban J connectivity index is 2.39. The second-order valence-electron chi connectivity index (χ2n) is 7.16. The standard InChI is InChI=1S/C15H27N3O4/c1-14(2,3)21-12(19)17-16-11-7-9-18(10-8-11)13(20)22-15(4,5)6/h7,16H,8-10H2,1-6H3,(H,17,19). The van der Waals surface area contributed by atoms with Gasteiger partial charge in [0.15, 0.2) is 0 Å². The molecule has 1 aliphatic rings. The molecule has 0 aromatic heterocycles. The van der Waals surface area contributed by atoms with E-state index >= 15 is 0 Å².